The fourth-order valence-corrected chi connectivity index (χ4v) is 3.02. The summed E-state index contributed by atoms with van der Waals surface area (Å²) in [6, 6.07) is 7.17. The van der Waals surface area contributed by atoms with E-state index in [0.29, 0.717) is 0 Å². The molecule has 0 aliphatic heterocycles. The Morgan fingerprint density at radius 1 is 1.20 bits per heavy atom. The first-order valence-electron chi connectivity index (χ1n) is 8.15. The van der Waals surface area contributed by atoms with Crippen LogP contribution in [0.1, 0.15) is 56.8 Å². The third-order valence-corrected chi connectivity index (χ3v) is 4.21. The highest BCUT2D eigenvalue weighted by Crippen LogP contribution is 2.22. The van der Waals surface area contributed by atoms with Gasteiger partial charge in [-0.1, -0.05) is 32.3 Å². The van der Waals surface area contributed by atoms with Crippen LogP contribution in [0, 0.1) is 0 Å². The van der Waals surface area contributed by atoms with Gasteiger partial charge >= 0.3 is 0 Å². The van der Waals surface area contributed by atoms with Crippen LogP contribution in [0.3, 0.4) is 0 Å². The SMILES string of the molecule is CCCNCc1cccc(CN(C)C2CCCCC2)n1. The second kappa shape index (κ2) is 8.38. The van der Waals surface area contributed by atoms with Crippen molar-refractivity contribution in [2.24, 2.45) is 0 Å². The lowest BCUT2D eigenvalue weighted by Gasteiger charge is -2.30. The minimum atomic E-state index is 0.757. The Balaban J connectivity index is 1.86. The molecule has 1 aliphatic rings. The van der Waals surface area contributed by atoms with Crippen LogP contribution in [0.25, 0.3) is 0 Å². The zero-order chi connectivity index (χ0) is 14.2. The number of aromatic nitrogens is 1. The van der Waals surface area contributed by atoms with Crippen molar-refractivity contribution in [3.05, 3.63) is 29.6 Å². The minimum Gasteiger partial charge on any atom is -0.311 e. The van der Waals surface area contributed by atoms with Gasteiger partial charge in [-0.2, -0.15) is 0 Å². The van der Waals surface area contributed by atoms with Gasteiger partial charge in [0.25, 0.3) is 0 Å². The van der Waals surface area contributed by atoms with E-state index in [2.05, 4.69) is 42.4 Å². The first-order chi connectivity index (χ1) is 9.79. The molecular weight excluding hydrogens is 246 g/mol. The largest absolute Gasteiger partial charge is 0.311 e. The number of pyridine rings is 1. The highest BCUT2D eigenvalue weighted by molar-refractivity contribution is 5.11. The van der Waals surface area contributed by atoms with Crippen LogP contribution in [0.2, 0.25) is 0 Å². The number of nitrogens with zero attached hydrogens (tertiary/aromatic N) is 2. The molecule has 0 radical (unpaired) electrons. The molecule has 2 rings (SSSR count). The second-order valence-corrected chi connectivity index (χ2v) is 6.00. The van der Waals surface area contributed by atoms with Crippen LogP contribution in [0.4, 0.5) is 0 Å². The van der Waals surface area contributed by atoms with Crippen LogP contribution in [-0.4, -0.2) is 29.5 Å². The number of hydrogen-bond donors (Lipinski definition) is 1. The second-order valence-electron chi connectivity index (χ2n) is 6.00. The van der Waals surface area contributed by atoms with E-state index in [0.717, 1.165) is 31.4 Å². The molecule has 1 aromatic heterocycles. The molecule has 0 unspecified atom stereocenters. The van der Waals surface area contributed by atoms with Gasteiger partial charge in [0, 0.05) is 19.1 Å². The first kappa shape index (κ1) is 15.5. The summed E-state index contributed by atoms with van der Waals surface area (Å²) in [6.45, 7) is 5.12. The molecule has 3 heteroatoms. The van der Waals surface area contributed by atoms with Crippen LogP contribution < -0.4 is 5.32 Å². The lowest BCUT2D eigenvalue weighted by Crippen LogP contribution is -2.33. The zero-order valence-electron chi connectivity index (χ0n) is 13.1. The fourth-order valence-electron chi connectivity index (χ4n) is 3.02. The molecule has 0 amide bonds. The Morgan fingerprint density at radius 2 is 1.95 bits per heavy atom. The van der Waals surface area contributed by atoms with Crippen molar-refractivity contribution in [2.45, 2.75) is 64.6 Å². The maximum atomic E-state index is 4.78. The molecule has 1 fully saturated rings. The number of hydrogen-bond acceptors (Lipinski definition) is 3. The third kappa shape index (κ3) is 4.88. The predicted molar refractivity (Wildman–Crippen MR) is 84.6 cm³/mol. The van der Waals surface area contributed by atoms with E-state index >= 15 is 0 Å². The topological polar surface area (TPSA) is 28.2 Å². The van der Waals surface area contributed by atoms with Gasteiger partial charge in [0.15, 0.2) is 0 Å². The molecule has 1 aromatic rings. The summed E-state index contributed by atoms with van der Waals surface area (Å²) in [4.78, 5) is 7.27. The predicted octanol–water partition coefficient (Wildman–Crippen LogP) is 3.35. The smallest absolute Gasteiger partial charge is 0.0547 e. The van der Waals surface area contributed by atoms with E-state index in [4.69, 9.17) is 4.98 Å². The molecule has 1 heterocycles. The molecule has 1 aliphatic carbocycles. The average molecular weight is 275 g/mol. The first-order valence-corrected chi connectivity index (χ1v) is 8.15. The Labute approximate surface area is 123 Å². The third-order valence-electron chi connectivity index (χ3n) is 4.21. The molecule has 0 saturated heterocycles. The monoisotopic (exact) mass is 275 g/mol. The fraction of sp³-hybridized carbons (Fsp3) is 0.706. The Hall–Kier alpha value is -0.930. The molecule has 112 valence electrons. The van der Waals surface area contributed by atoms with Gasteiger partial charge < -0.3 is 5.32 Å². The molecular formula is C17H29N3. The highest BCUT2D eigenvalue weighted by atomic mass is 15.1. The summed E-state index contributed by atoms with van der Waals surface area (Å²) < 4.78 is 0. The summed E-state index contributed by atoms with van der Waals surface area (Å²) in [6.07, 6.45) is 8.08. The van der Waals surface area contributed by atoms with Crippen LogP contribution >= 0.6 is 0 Å². The van der Waals surface area contributed by atoms with E-state index in [1.54, 1.807) is 0 Å². The lowest BCUT2D eigenvalue weighted by molar-refractivity contribution is 0.182. The van der Waals surface area contributed by atoms with E-state index in [-0.39, 0.29) is 0 Å². The van der Waals surface area contributed by atoms with Gasteiger partial charge in [0.2, 0.25) is 0 Å². The minimum absolute atomic E-state index is 0.757. The summed E-state index contributed by atoms with van der Waals surface area (Å²) >= 11 is 0. The van der Waals surface area contributed by atoms with E-state index in [1.807, 2.05) is 0 Å². The van der Waals surface area contributed by atoms with Crippen molar-refractivity contribution in [2.75, 3.05) is 13.6 Å². The molecule has 1 saturated carbocycles. The lowest BCUT2D eigenvalue weighted by atomic mass is 9.94. The van der Waals surface area contributed by atoms with E-state index in [1.165, 1.54) is 44.2 Å². The van der Waals surface area contributed by atoms with Crippen molar-refractivity contribution >= 4 is 0 Å². The quantitative estimate of drug-likeness (QED) is 0.774. The van der Waals surface area contributed by atoms with Gasteiger partial charge in [-0.3, -0.25) is 9.88 Å². The summed E-state index contributed by atoms with van der Waals surface area (Å²) in [7, 11) is 2.25. The average Bonchev–Trinajstić information content (AvgIpc) is 2.49. The Morgan fingerprint density at radius 3 is 2.70 bits per heavy atom. The standard InChI is InChI=1S/C17H29N3/c1-3-12-18-13-15-8-7-9-16(19-15)14-20(2)17-10-5-4-6-11-17/h7-9,17-18H,3-6,10-14H2,1-2H3. The molecule has 0 aromatic carbocycles. The van der Waals surface area contributed by atoms with Crippen LogP contribution in [0.5, 0.6) is 0 Å². The van der Waals surface area contributed by atoms with Gasteiger partial charge in [0.1, 0.15) is 0 Å². The summed E-state index contributed by atoms with van der Waals surface area (Å²) in [5.74, 6) is 0. The zero-order valence-corrected chi connectivity index (χ0v) is 13.1. The van der Waals surface area contributed by atoms with Crippen molar-refractivity contribution < 1.29 is 0 Å². The van der Waals surface area contributed by atoms with Crippen LogP contribution in [0.15, 0.2) is 18.2 Å². The molecule has 1 N–H and O–H groups in total. The number of nitrogens with one attached hydrogen (secondary N) is 1. The van der Waals surface area contributed by atoms with Crippen molar-refractivity contribution in [3.63, 3.8) is 0 Å². The van der Waals surface area contributed by atoms with Gasteiger partial charge in [-0.05, 0) is 45.0 Å². The molecule has 0 atom stereocenters. The summed E-state index contributed by atoms with van der Waals surface area (Å²) in [5, 5.41) is 3.42. The molecule has 0 spiro atoms. The van der Waals surface area contributed by atoms with Crippen molar-refractivity contribution in [1.29, 1.82) is 0 Å². The molecule has 0 bridgehead atoms. The van der Waals surface area contributed by atoms with Crippen molar-refractivity contribution in [3.8, 4) is 0 Å². The van der Waals surface area contributed by atoms with E-state index < -0.39 is 0 Å². The highest BCUT2D eigenvalue weighted by Gasteiger charge is 2.18. The van der Waals surface area contributed by atoms with Gasteiger partial charge in [-0.15, -0.1) is 0 Å². The van der Waals surface area contributed by atoms with Crippen molar-refractivity contribution in [1.82, 2.24) is 15.2 Å². The molecule has 20 heavy (non-hydrogen) atoms. The Bertz CT molecular complexity index is 386. The van der Waals surface area contributed by atoms with Crippen LogP contribution in [-0.2, 0) is 13.1 Å². The number of rotatable bonds is 7. The summed E-state index contributed by atoms with van der Waals surface area (Å²) in [5.41, 5.74) is 2.36. The molecule has 3 nitrogen and oxygen atoms in total. The van der Waals surface area contributed by atoms with E-state index in [9.17, 15) is 0 Å². The normalized spacial score (nSPS) is 16.8. The Kier molecular flexibility index (Phi) is 6.48. The maximum absolute atomic E-state index is 4.78. The van der Waals surface area contributed by atoms with Gasteiger partial charge in [-0.25, -0.2) is 0 Å². The van der Waals surface area contributed by atoms with Gasteiger partial charge in [0.05, 0.1) is 11.4 Å². The maximum Gasteiger partial charge on any atom is 0.0547 e.